The van der Waals surface area contributed by atoms with Crippen LogP contribution in [-0.4, -0.2) is 18.4 Å². The van der Waals surface area contributed by atoms with Crippen molar-refractivity contribution in [2.75, 3.05) is 0 Å². The molecule has 1 aromatic heterocycles. The van der Waals surface area contributed by atoms with Gasteiger partial charge in [-0.3, -0.25) is 0 Å². The molecule has 0 bridgehead atoms. The summed E-state index contributed by atoms with van der Waals surface area (Å²) in [4.78, 5) is 7.13. The van der Waals surface area contributed by atoms with Gasteiger partial charge in [0, 0.05) is 18.9 Å². The van der Waals surface area contributed by atoms with E-state index in [1.165, 1.54) is 0 Å². The van der Waals surface area contributed by atoms with Gasteiger partial charge in [0.25, 0.3) is 0 Å². The van der Waals surface area contributed by atoms with E-state index in [0.29, 0.717) is 18.8 Å². The third-order valence-electron chi connectivity index (χ3n) is 3.02. The lowest BCUT2D eigenvalue weighted by Crippen LogP contribution is -2.25. The summed E-state index contributed by atoms with van der Waals surface area (Å²) < 4.78 is 27.3. The maximum atomic E-state index is 12.4. The molecule has 0 aliphatic heterocycles. The van der Waals surface area contributed by atoms with Crippen molar-refractivity contribution in [1.29, 1.82) is 0 Å². The summed E-state index contributed by atoms with van der Waals surface area (Å²) in [7, 11) is -3.58. The number of benzene rings is 1. The maximum Gasteiger partial charge on any atom is 0.241 e. The topological polar surface area (TPSA) is 101 Å². The van der Waals surface area contributed by atoms with Crippen LogP contribution in [0.4, 0.5) is 0 Å². The fourth-order valence-electron chi connectivity index (χ4n) is 1.90. The predicted molar refractivity (Wildman–Crippen MR) is 76.3 cm³/mol. The van der Waals surface area contributed by atoms with Crippen LogP contribution in [0.5, 0.6) is 0 Å². The first kappa shape index (κ1) is 14.7. The quantitative estimate of drug-likeness (QED) is 0.737. The maximum absolute atomic E-state index is 12.4. The van der Waals surface area contributed by atoms with Gasteiger partial charge in [-0.05, 0) is 23.6 Å². The van der Waals surface area contributed by atoms with Crippen LogP contribution in [0.1, 0.15) is 23.9 Å². The van der Waals surface area contributed by atoms with Crippen molar-refractivity contribution in [3.05, 3.63) is 47.5 Å². The number of sulfonamides is 1. The Balaban J connectivity index is 2.28. The van der Waals surface area contributed by atoms with E-state index < -0.39 is 10.0 Å². The summed E-state index contributed by atoms with van der Waals surface area (Å²) in [5.41, 5.74) is 7.14. The van der Waals surface area contributed by atoms with Crippen molar-refractivity contribution in [3.63, 3.8) is 0 Å². The first-order valence-corrected chi connectivity index (χ1v) is 7.85. The monoisotopic (exact) mass is 294 g/mol. The average molecular weight is 294 g/mol. The van der Waals surface area contributed by atoms with Gasteiger partial charge >= 0.3 is 0 Å². The van der Waals surface area contributed by atoms with Gasteiger partial charge < -0.3 is 10.7 Å². The Hall–Kier alpha value is -1.70. The van der Waals surface area contributed by atoms with Gasteiger partial charge in [0.2, 0.25) is 10.0 Å². The molecule has 0 saturated carbocycles. The van der Waals surface area contributed by atoms with Crippen LogP contribution in [0.15, 0.2) is 35.5 Å². The Morgan fingerprint density at radius 1 is 1.40 bits per heavy atom. The Morgan fingerprint density at radius 3 is 2.80 bits per heavy atom. The minimum Gasteiger partial charge on any atom is -0.347 e. The van der Waals surface area contributed by atoms with Crippen LogP contribution in [0.2, 0.25) is 0 Å². The number of aromatic amines is 1. The molecule has 0 aliphatic rings. The zero-order valence-electron chi connectivity index (χ0n) is 11.3. The molecule has 0 radical (unpaired) electrons. The molecular weight excluding hydrogens is 276 g/mol. The Morgan fingerprint density at radius 2 is 2.20 bits per heavy atom. The highest BCUT2D eigenvalue weighted by molar-refractivity contribution is 7.89. The molecule has 4 N–H and O–H groups in total. The van der Waals surface area contributed by atoms with Gasteiger partial charge in [-0.2, -0.15) is 0 Å². The molecule has 0 unspecified atom stereocenters. The number of aryl methyl sites for hydroxylation is 1. The number of hydrogen-bond acceptors (Lipinski definition) is 4. The molecule has 2 rings (SSSR count). The highest BCUT2D eigenvalue weighted by Crippen LogP contribution is 2.18. The minimum atomic E-state index is -3.58. The first-order valence-electron chi connectivity index (χ1n) is 6.36. The second kappa shape index (κ2) is 6.17. The summed E-state index contributed by atoms with van der Waals surface area (Å²) in [6, 6.07) is 5.29. The SMILES string of the molecule is CCc1ccc(CN)cc1S(=O)(=O)NCc1ncc[nH]1. The van der Waals surface area contributed by atoms with E-state index in [2.05, 4.69) is 14.7 Å². The van der Waals surface area contributed by atoms with Gasteiger partial charge in [-0.25, -0.2) is 18.1 Å². The molecule has 0 aliphatic carbocycles. The third-order valence-corrected chi connectivity index (χ3v) is 4.51. The van der Waals surface area contributed by atoms with Gasteiger partial charge in [0.05, 0.1) is 11.4 Å². The van der Waals surface area contributed by atoms with Gasteiger partial charge in [0.15, 0.2) is 0 Å². The molecule has 7 heteroatoms. The fourth-order valence-corrected chi connectivity index (χ4v) is 3.25. The molecule has 0 atom stereocenters. The molecule has 0 amide bonds. The van der Waals surface area contributed by atoms with E-state index in [1.807, 2.05) is 19.1 Å². The molecule has 1 aromatic carbocycles. The molecule has 2 aromatic rings. The van der Waals surface area contributed by atoms with E-state index in [4.69, 9.17) is 5.73 Å². The van der Waals surface area contributed by atoms with Crippen molar-refractivity contribution in [2.45, 2.75) is 31.3 Å². The fraction of sp³-hybridized carbons (Fsp3) is 0.308. The lowest BCUT2D eigenvalue weighted by molar-refractivity contribution is 0.578. The average Bonchev–Trinajstić information content (AvgIpc) is 2.98. The van der Waals surface area contributed by atoms with E-state index >= 15 is 0 Å². The van der Waals surface area contributed by atoms with Crippen molar-refractivity contribution < 1.29 is 8.42 Å². The highest BCUT2D eigenvalue weighted by atomic mass is 32.2. The van der Waals surface area contributed by atoms with Crippen molar-refractivity contribution in [2.24, 2.45) is 5.73 Å². The minimum absolute atomic E-state index is 0.130. The molecular formula is C13H18N4O2S. The number of imidazole rings is 1. The summed E-state index contributed by atoms with van der Waals surface area (Å²) in [6.45, 7) is 2.36. The number of rotatable bonds is 6. The van der Waals surface area contributed by atoms with E-state index in [-0.39, 0.29) is 11.4 Å². The van der Waals surface area contributed by atoms with Gasteiger partial charge in [0.1, 0.15) is 5.82 Å². The third kappa shape index (κ3) is 3.24. The Bertz CT molecular complexity index is 666. The van der Waals surface area contributed by atoms with Crippen LogP contribution in [-0.2, 0) is 29.5 Å². The zero-order chi connectivity index (χ0) is 14.6. The van der Waals surface area contributed by atoms with Crippen molar-refractivity contribution in [1.82, 2.24) is 14.7 Å². The molecule has 0 fully saturated rings. The van der Waals surface area contributed by atoms with Crippen LogP contribution in [0.25, 0.3) is 0 Å². The largest absolute Gasteiger partial charge is 0.347 e. The Labute approximate surface area is 118 Å². The highest BCUT2D eigenvalue weighted by Gasteiger charge is 2.18. The number of nitrogens with zero attached hydrogens (tertiary/aromatic N) is 1. The van der Waals surface area contributed by atoms with E-state index in [1.54, 1.807) is 18.5 Å². The standard InChI is InChI=1S/C13H18N4O2S/c1-2-11-4-3-10(8-14)7-12(11)20(18,19)17-9-13-15-5-6-16-13/h3-7,17H,2,8-9,14H2,1H3,(H,15,16). The normalized spacial score (nSPS) is 11.7. The Kier molecular flexibility index (Phi) is 4.53. The number of hydrogen-bond donors (Lipinski definition) is 3. The van der Waals surface area contributed by atoms with E-state index in [9.17, 15) is 8.42 Å². The van der Waals surface area contributed by atoms with E-state index in [0.717, 1.165) is 11.1 Å². The molecule has 20 heavy (non-hydrogen) atoms. The number of aromatic nitrogens is 2. The second-order valence-electron chi connectivity index (χ2n) is 4.36. The zero-order valence-corrected chi connectivity index (χ0v) is 12.1. The van der Waals surface area contributed by atoms with Crippen LogP contribution < -0.4 is 10.5 Å². The van der Waals surface area contributed by atoms with Crippen molar-refractivity contribution >= 4 is 10.0 Å². The number of H-pyrrole nitrogens is 1. The summed E-state index contributed by atoms with van der Waals surface area (Å²) in [5, 5.41) is 0. The summed E-state index contributed by atoms with van der Waals surface area (Å²) in [6.07, 6.45) is 3.87. The lowest BCUT2D eigenvalue weighted by atomic mass is 10.1. The first-order chi connectivity index (χ1) is 9.56. The van der Waals surface area contributed by atoms with Gasteiger partial charge in [-0.15, -0.1) is 0 Å². The summed E-state index contributed by atoms with van der Waals surface area (Å²) in [5.74, 6) is 0.571. The van der Waals surface area contributed by atoms with Crippen LogP contribution in [0.3, 0.4) is 0 Å². The smallest absolute Gasteiger partial charge is 0.241 e. The van der Waals surface area contributed by atoms with Gasteiger partial charge in [-0.1, -0.05) is 19.1 Å². The molecule has 0 spiro atoms. The van der Waals surface area contributed by atoms with Crippen LogP contribution >= 0.6 is 0 Å². The predicted octanol–water partition coefficient (Wildman–Crippen LogP) is 0.909. The number of nitrogens with one attached hydrogen (secondary N) is 2. The molecule has 108 valence electrons. The summed E-state index contributed by atoms with van der Waals surface area (Å²) >= 11 is 0. The van der Waals surface area contributed by atoms with Crippen LogP contribution in [0, 0.1) is 0 Å². The van der Waals surface area contributed by atoms with Crippen molar-refractivity contribution in [3.8, 4) is 0 Å². The molecule has 1 heterocycles. The molecule has 0 saturated heterocycles. The second-order valence-corrected chi connectivity index (χ2v) is 6.10. The molecule has 6 nitrogen and oxygen atoms in total. The number of nitrogens with two attached hydrogens (primary N) is 1. The lowest BCUT2D eigenvalue weighted by Gasteiger charge is -2.11.